The maximum Gasteiger partial charge on any atom is 0.165 e. The van der Waals surface area contributed by atoms with Crippen molar-refractivity contribution in [3.63, 3.8) is 0 Å². The quantitative estimate of drug-likeness (QED) is 0.796. The van der Waals surface area contributed by atoms with Crippen molar-refractivity contribution >= 4 is 0 Å². The fraction of sp³-hybridized carbons (Fsp3) is 0.625. The zero-order chi connectivity index (χ0) is 15.1. The molecule has 1 aliphatic heterocycles. The standard InChI is InChI=1S/C16H25FN2O2/c1-20-9-8-19(12-14-4-3-7-18-14)11-13-5-6-16(21-2)15(17)10-13/h5-6,10,14,18H,3-4,7-9,11-12H2,1-2H3. The van der Waals surface area contributed by atoms with E-state index in [0.29, 0.717) is 18.4 Å². The summed E-state index contributed by atoms with van der Waals surface area (Å²) in [6.45, 7) is 4.33. The van der Waals surface area contributed by atoms with Crippen molar-refractivity contribution in [2.45, 2.75) is 25.4 Å². The molecule has 0 aromatic heterocycles. The Morgan fingerprint density at radius 1 is 1.38 bits per heavy atom. The van der Waals surface area contributed by atoms with Crippen LogP contribution in [0.4, 0.5) is 4.39 Å². The molecule has 1 unspecified atom stereocenters. The third-order valence-corrected chi connectivity index (χ3v) is 3.87. The van der Waals surface area contributed by atoms with E-state index in [1.807, 2.05) is 6.07 Å². The maximum absolute atomic E-state index is 13.8. The lowest BCUT2D eigenvalue weighted by Gasteiger charge is -2.25. The highest BCUT2D eigenvalue weighted by Gasteiger charge is 2.18. The molecule has 0 spiro atoms. The van der Waals surface area contributed by atoms with Crippen LogP contribution in [-0.4, -0.2) is 51.4 Å². The second-order valence-electron chi connectivity index (χ2n) is 5.49. The molecule has 1 saturated heterocycles. The van der Waals surface area contributed by atoms with Gasteiger partial charge in [0.05, 0.1) is 13.7 Å². The molecule has 0 saturated carbocycles. The normalized spacial score (nSPS) is 18.4. The van der Waals surface area contributed by atoms with Crippen LogP contribution in [0.25, 0.3) is 0 Å². The Balaban J connectivity index is 1.97. The van der Waals surface area contributed by atoms with Gasteiger partial charge < -0.3 is 14.8 Å². The average Bonchev–Trinajstić information content (AvgIpc) is 2.98. The predicted octanol–water partition coefficient (Wildman–Crippen LogP) is 2.03. The number of methoxy groups -OCH3 is 2. The van der Waals surface area contributed by atoms with Gasteiger partial charge in [-0.25, -0.2) is 4.39 Å². The van der Waals surface area contributed by atoms with E-state index in [4.69, 9.17) is 9.47 Å². The van der Waals surface area contributed by atoms with Crippen LogP contribution in [-0.2, 0) is 11.3 Å². The first-order chi connectivity index (χ1) is 10.2. The van der Waals surface area contributed by atoms with Gasteiger partial charge in [-0.15, -0.1) is 0 Å². The minimum Gasteiger partial charge on any atom is -0.494 e. The molecule has 21 heavy (non-hydrogen) atoms. The Morgan fingerprint density at radius 2 is 2.24 bits per heavy atom. The molecule has 1 N–H and O–H groups in total. The van der Waals surface area contributed by atoms with Gasteiger partial charge in [0.25, 0.3) is 0 Å². The molecular formula is C16H25FN2O2. The number of rotatable bonds is 8. The van der Waals surface area contributed by atoms with Gasteiger partial charge in [0, 0.05) is 32.8 Å². The molecule has 1 heterocycles. The number of benzene rings is 1. The molecular weight excluding hydrogens is 271 g/mol. The van der Waals surface area contributed by atoms with Crippen molar-refractivity contribution in [2.75, 3.05) is 40.5 Å². The van der Waals surface area contributed by atoms with E-state index >= 15 is 0 Å². The molecule has 118 valence electrons. The first kappa shape index (κ1) is 16.2. The van der Waals surface area contributed by atoms with Crippen LogP contribution in [0.1, 0.15) is 18.4 Å². The summed E-state index contributed by atoms with van der Waals surface area (Å²) in [6.07, 6.45) is 2.44. The first-order valence-electron chi connectivity index (χ1n) is 7.50. The van der Waals surface area contributed by atoms with Crippen molar-refractivity contribution in [2.24, 2.45) is 0 Å². The second kappa shape index (κ2) is 8.32. The topological polar surface area (TPSA) is 33.7 Å². The summed E-state index contributed by atoms with van der Waals surface area (Å²) < 4.78 is 23.9. The van der Waals surface area contributed by atoms with E-state index in [0.717, 1.165) is 31.7 Å². The van der Waals surface area contributed by atoms with E-state index in [1.54, 1.807) is 19.2 Å². The summed E-state index contributed by atoms with van der Waals surface area (Å²) in [6, 6.07) is 5.70. The Kier molecular flexibility index (Phi) is 6.42. The smallest absolute Gasteiger partial charge is 0.165 e. The Morgan fingerprint density at radius 3 is 2.86 bits per heavy atom. The van der Waals surface area contributed by atoms with Gasteiger partial charge in [0.2, 0.25) is 0 Å². The molecule has 1 aromatic carbocycles. The minimum absolute atomic E-state index is 0.291. The number of halogens is 1. The SMILES string of the molecule is COCCN(Cc1ccc(OC)c(F)c1)CC1CCCN1. The van der Waals surface area contributed by atoms with Gasteiger partial charge in [0.15, 0.2) is 11.6 Å². The van der Waals surface area contributed by atoms with Gasteiger partial charge in [-0.1, -0.05) is 6.07 Å². The van der Waals surface area contributed by atoms with Crippen LogP contribution >= 0.6 is 0 Å². The molecule has 0 aliphatic carbocycles. The zero-order valence-electron chi connectivity index (χ0n) is 12.9. The molecule has 0 amide bonds. The van der Waals surface area contributed by atoms with Crippen molar-refractivity contribution in [1.29, 1.82) is 0 Å². The molecule has 1 aliphatic rings. The number of hydrogen-bond donors (Lipinski definition) is 1. The highest BCUT2D eigenvalue weighted by atomic mass is 19.1. The van der Waals surface area contributed by atoms with Crippen molar-refractivity contribution in [3.05, 3.63) is 29.6 Å². The predicted molar refractivity (Wildman–Crippen MR) is 81.1 cm³/mol. The molecule has 1 fully saturated rings. The monoisotopic (exact) mass is 296 g/mol. The Labute approximate surface area is 126 Å². The minimum atomic E-state index is -0.305. The van der Waals surface area contributed by atoms with E-state index in [-0.39, 0.29) is 5.82 Å². The van der Waals surface area contributed by atoms with Gasteiger partial charge in [-0.05, 0) is 37.1 Å². The lowest BCUT2D eigenvalue weighted by Crippen LogP contribution is -2.38. The van der Waals surface area contributed by atoms with E-state index in [1.165, 1.54) is 20.0 Å². The first-order valence-corrected chi connectivity index (χ1v) is 7.50. The largest absolute Gasteiger partial charge is 0.494 e. The van der Waals surface area contributed by atoms with Crippen LogP contribution in [0.2, 0.25) is 0 Å². The molecule has 4 nitrogen and oxygen atoms in total. The molecule has 2 rings (SSSR count). The zero-order valence-corrected chi connectivity index (χ0v) is 12.9. The second-order valence-corrected chi connectivity index (χ2v) is 5.49. The summed E-state index contributed by atoms with van der Waals surface area (Å²) in [4.78, 5) is 2.31. The lowest BCUT2D eigenvalue weighted by molar-refractivity contribution is 0.138. The maximum atomic E-state index is 13.8. The number of ether oxygens (including phenoxy) is 2. The number of hydrogen-bond acceptors (Lipinski definition) is 4. The summed E-state index contributed by atoms with van der Waals surface area (Å²) in [5.41, 5.74) is 0.961. The molecule has 5 heteroatoms. The Hall–Kier alpha value is -1.17. The summed E-state index contributed by atoms with van der Waals surface area (Å²) in [5.74, 6) is -0.0136. The summed E-state index contributed by atoms with van der Waals surface area (Å²) in [5, 5.41) is 3.50. The third-order valence-electron chi connectivity index (χ3n) is 3.87. The summed E-state index contributed by atoms with van der Waals surface area (Å²) in [7, 11) is 3.19. The highest BCUT2D eigenvalue weighted by Crippen LogP contribution is 2.19. The van der Waals surface area contributed by atoms with Gasteiger partial charge in [-0.3, -0.25) is 4.90 Å². The third kappa shape index (κ3) is 4.95. The molecule has 1 atom stereocenters. The Bertz CT molecular complexity index is 436. The van der Waals surface area contributed by atoms with Gasteiger partial charge >= 0.3 is 0 Å². The van der Waals surface area contributed by atoms with E-state index < -0.39 is 0 Å². The lowest BCUT2D eigenvalue weighted by atomic mass is 10.1. The van der Waals surface area contributed by atoms with E-state index in [9.17, 15) is 4.39 Å². The highest BCUT2D eigenvalue weighted by molar-refractivity contribution is 5.29. The van der Waals surface area contributed by atoms with Gasteiger partial charge in [0.1, 0.15) is 0 Å². The molecule has 0 bridgehead atoms. The van der Waals surface area contributed by atoms with Crippen molar-refractivity contribution < 1.29 is 13.9 Å². The van der Waals surface area contributed by atoms with Crippen LogP contribution in [0.3, 0.4) is 0 Å². The van der Waals surface area contributed by atoms with Crippen LogP contribution in [0.5, 0.6) is 5.75 Å². The average molecular weight is 296 g/mol. The molecule has 0 radical (unpaired) electrons. The van der Waals surface area contributed by atoms with Crippen LogP contribution in [0, 0.1) is 5.82 Å². The van der Waals surface area contributed by atoms with E-state index in [2.05, 4.69) is 10.2 Å². The van der Waals surface area contributed by atoms with Crippen molar-refractivity contribution in [1.82, 2.24) is 10.2 Å². The number of nitrogens with zero attached hydrogens (tertiary/aromatic N) is 1. The number of nitrogens with one attached hydrogen (secondary N) is 1. The van der Waals surface area contributed by atoms with Gasteiger partial charge in [-0.2, -0.15) is 0 Å². The fourth-order valence-electron chi connectivity index (χ4n) is 2.75. The fourth-order valence-corrected chi connectivity index (χ4v) is 2.75. The van der Waals surface area contributed by atoms with Crippen molar-refractivity contribution in [3.8, 4) is 5.75 Å². The van der Waals surface area contributed by atoms with Crippen LogP contribution < -0.4 is 10.1 Å². The van der Waals surface area contributed by atoms with Crippen LogP contribution in [0.15, 0.2) is 18.2 Å². The summed E-state index contributed by atoms with van der Waals surface area (Å²) >= 11 is 0. The molecule has 1 aromatic rings.